The Bertz CT molecular complexity index is 732. The molecule has 2 aromatic carbocycles. The van der Waals surface area contributed by atoms with Crippen molar-refractivity contribution in [2.24, 2.45) is 0 Å². The molecule has 0 aliphatic rings. The first-order valence-corrected chi connectivity index (χ1v) is 7.05. The van der Waals surface area contributed by atoms with Crippen molar-refractivity contribution < 1.29 is 18.4 Å². The van der Waals surface area contributed by atoms with Gasteiger partial charge in [-0.1, -0.05) is 12.1 Å². The molecule has 2 amide bonds. The Morgan fingerprint density at radius 2 is 1.87 bits per heavy atom. The zero-order valence-electron chi connectivity index (χ0n) is 12.5. The maximum absolute atomic E-state index is 13.5. The molecule has 2 rings (SSSR count). The quantitative estimate of drug-likeness (QED) is 0.890. The van der Waals surface area contributed by atoms with Crippen LogP contribution in [0.2, 0.25) is 0 Å². The van der Waals surface area contributed by atoms with Crippen molar-refractivity contribution in [3.05, 3.63) is 65.2 Å². The summed E-state index contributed by atoms with van der Waals surface area (Å²) < 4.78 is 26.3. The highest BCUT2D eigenvalue weighted by Gasteiger charge is 2.08. The number of rotatable bonds is 5. The van der Waals surface area contributed by atoms with Gasteiger partial charge in [0.1, 0.15) is 11.6 Å². The Labute approximate surface area is 132 Å². The van der Waals surface area contributed by atoms with Crippen molar-refractivity contribution in [2.45, 2.75) is 13.3 Å². The standard InChI is InChI=1S/C17H16F2N2O2/c1-11(22)21-15-4-2-3-13(9-15)17(23)20-8-7-12-5-6-14(18)10-16(12)19/h2-6,9-10H,7-8H2,1H3,(H,20,23)(H,21,22). The molecule has 120 valence electrons. The largest absolute Gasteiger partial charge is 0.352 e. The van der Waals surface area contributed by atoms with Gasteiger partial charge in [0.2, 0.25) is 5.91 Å². The van der Waals surface area contributed by atoms with Gasteiger partial charge in [-0.3, -0.25) is 9.59 Å². The van der Waals surface area contributed by atoms with Crippen molar-refractivity contribution in [2.75, 3.05) is 11.9 Å². The van der Waals surface area contributed by atoms with Gasteiger partial charge in [0.25, 0.3) is 5.91 Å². The molecule has 0 aromatic heterocycles. The van der Waals surface area contributed by atoms with Crippen LogP contribution in [0.15, 0.2) is 42.5 Å². The second-order valence-corrected chi connectivity index (χ2v) is 5.00. The number of hydrogen-bond donors (Lipinski definition) is 2. The second kappa shape index (κ2) is 7.49. The van der Waals surface area contributed by atoms with E-state index in [1.54, 1.807) is 24.3 Å². The second-order valence-electron chi connectivity index (χ2n) is 5.00. The summed E-state index contributed by atoms with van der Waals surface area (Å²) in [5.41, 5.74) is 1.24. The topological polar surface area (TPSA) is 58.2 Å². The van der Waals surface area contributed by atoms with Crippen LogP contribution in [0.25, 0.3) is 0 Å². The molecule has 4 nitrogen and oxygen atoms in total. The molecule has 0 saturated carbocycles. The minimum Gasteiger partial charge on any atom is -0.352 e. The fourth-order valence-corrected chi connectivity index (χ4v) is 2.08. The molecule has 0 heterocycles. The normalized spacial score (nSPS) is 10.2. The molecular formula is C17H16F2N2O2. The van der Waals surface area contributed by atoms with Gasteiger partial charge in [-0.15, -0.1) is 0 Å². The summed E-state index contributed by atoms with van der Waals surface area (Å²) in [6, 6.07) is 9.83. The summed E-state index contributed by atoms with van der Waals surface area (Å²) in [6.45, 7) is 1.59. The van der Waals surface area contributed by atoms with E-state index >= 15 is 0 Å². The number of carbonyl (C=O) groups excluding carboxylic acids is 2. The van der Waals surface area contributed by atoms with E-state index in [-0.39, 0.29) is 24.8 Å². The first-order valence-electron chi connectivity index (χ1n) is 7.05. The number of hydrogen-bond acceptors (Lipinski definition) is 2. The average molecular weight is 318 g/mol. The van der Waals surface area contributed by atoms with Crippen molar-refractivity contribution in [3.63, 3.8) is 0 Å². The summed E-state index contributed by atoms with van der Waals surface area (Å²) >= 11 is 0. The molecule has 0 aliphatic heterocycles. The highest BCUT2D eigenvalue weighted by atomic mass is 19.1. The van der Waals surface area contributed by atoms with Crippen molar-refractivity contribution >= 4 is 17.5 Å². The lowest BCUT2D eigenvalue weighted by Crippen LogP contribution is -2.26. The van der Waals surface area contributed by atoms with Crippen LogP contribution in [0.5, 0.6) is 0 Å². The summed E-state index contributed by atoms with van der Waals surface area (Å²) in [6.07, 6.45) is 0.253. The lowest BCUT2D eigenvalue weighted by molar-refractivity contribution is -0.114. The molecule has 0 aliphatic carbocycles. The number of anilines is 1. The zero-order valence-corrected chi connectivity index (χ0v) is 12.5. The average Bonchev–Trinajstić information content (AvgIpc) is 2.49. The van der Waals surface area contributed by atoms with Crippen LogP contribution in [0.1, 0.15) is 22.8 Å². The van der Waals surface area contributed by atoms with Crippen molar-refractivity contribution in [3.8, 4) is 0 Å². The van der Waals surface area contributed by atoms with Gasteiger partial charge < -0.3 is 10.6 Å². The summed E-state index contributed by atoms with van der Waals surface area (Å²) in [5, 5.41) is 5.25. The smallest absolute Gasteiger partial charge is 0.251 e. The van der Waals surface area contributed by atoms with Gasteiger partial charge in [-0.2, -0.15) is 0 Å². The number of halogens is 2. The van der Waals surface area contributed by atoms with E-state index in [9.17, 15) is 18.4 Å². The molecule has 0 atom stereocenters. The number of carbonyl (C=O) groups is 2. The molecule has 0 radical (unpaired) electrons. The third kappa shape index (κ3) is 4.88. The van der Waals surface area contributed by atoms with Crippen LogP contribution in [-0.4, -0.2) is 18.4 Å². The number of amides is 2. The van der Waals surface area contributed by atoms with Crippen LogP contribution in [0.3, 0.4) is 0 Å². The first kappa shape index (κ1) is 16.6. The Kier molecular flexibility index (Phi) is 5.41. The van der Waals surface area contributed by atoms with E-state index in [4.69, 9.17) is 0 Å². The van der Waals surface area contributed by atoms with Gasteiger partial charge in [-0.25, -0.2) is 8.78 Å². The SMILES string of the molecule is CC(=O)Nc1cccc(C(=O)NCCc2ccc(F)cc2F)c1. The zero-order chi connectivity index (χ0) is 16.8. The van der Waals surface area contributed by atoms with Crippen LogP contribution in [0, 0.1) is 11.6 Å². The predicted octanol–water partition coefficient (Wildman–Crippen LogP) is 2.90. The first-order chi connectivity index (χ1) is 11.0. The number of benzene rings is 2. The molecule has 0 spiro atoms. The van der Waals surface area contributed by atoms with Crippen LogP contribution in [-0.2, 0) is 11.2 Å². The van der Waals surface area contributed by atoms with Crippen molar-refractivity contribution in [1.29, 1.82) is 0 Å². The van der Waals surface area contributed by atoms with Crippen LogP contribution in [0.4, 0.5) is 14.5 Å². The van der Waals surface area contributed by atoms with Crippen LogP contribution >= 0.6 is 0 Å². The summed E-state index contributed by atoms with van der Waals surface area (Å²) in [5.74, 6) is -1.83. The lowest BCUT2D eigenvalue weighted by Gasteiger charge is -2.08. The third-order valence-corrected chi connectivity index (χ3v) is 3.14. The van der Waals surface area contributed by atoms with E-state index in [0.717, 1.165) is 6.07 Å². The van der Waals surface area contributed by atoms with Gasteiger partial charge in [0.05, 0.1) is 0 Å². The van der Waals surface area contributed by atoms with E-state index in [1.807, 2.05) is 0 Å². The maximum Gasteiger partial charge on any atom is 0.251 e. The summed E-state index contributed by atoms with van der Waals surface area (Å²) in [4.78, 5) is 23.0. The van der Waals surface area contributed by atoms with E-state index in [2.05, 4.69) is 10.6 Å². The Hall–Kier alpha value is -2.76. The monoisotopic (exact) mass is 318 g/mol. The Balaban J connectivity index is 1.93. The van der Waals surface area contributed by atoms with Gasteiger partial charge in [0.15, 0.2) is 0 Å². The molecule has 0 bridgehead atoms. The summed E-state index contributed by atoms with van der Waals surface area (Å²) in [7, 11) is 0. The fraction of sp³-hybridized carbons (Fsp3) is 0.176. The predicted molar refractivity (Wildman–Crippen MR) is 83.1 cm³/mol. The Morgan fingerprint density at radius 3 is 2.57 bits per heavy atom. The van der Waals surface area contributed by atoms with Gasteiger partial charge in [-0.05, 0) is 36.2 Å². The highest BCUT2D eigenvalue weighted by Crippen LogP contribution is 2.12. The van der Waals surface area contributed by atoms with Crippen LogP contribution < -0.4 is 10.6 Å². The maximum atomic E-state index is 13.5. The molecular weight excluding hydrogens is 302 g/mol. The lowest BCUT2D eigenvalue weighted by atomic mass is 10.1. The minimum atomic E-state index is -0.634. The molecule has 0 saturated heterocycles. The van der Waals surface area contributed by atoms with Gasteiger partial charge >= 0.3 is 0 Å². The molecule has 6 heteroatoms. The fourth-order valence-electron chi connectivity index (χ4n) is 2.08. The van der Waals surface area contributed by atoms with E-state index < -0.39 is 11.6 Å². The molecule has 2 N–H and O–H groups in total. The van der Waals surface area contributed by atoms with E-state index in [0.29, 0.717) is 16.8 Å². The van der Waals surface area contributed by atoms with E-state index in [1.165, 1.54) is 19.1 Å². The molecule has 23 heavy (non-hydrogen) atoms. The molecule has 0 unspecified atom stereocenters. The molecule has 0 fully saturated rings. The minimum absolute atomic E-state index is 0.214. The van der Waals surface area contributed by atoms with Gasteiger partial charge in [0, 0.05) is 30.8 Å². The Morgan fingerprint density at radius 1 is 1.09 bits per heavy atom. The van der Waals surface area contributed by atoms with Crippen molar-refractivity contribution in [1.82, 2.24) is 5.32 Å². The third-order valence-electron chi connectivity index (χ3n) is 3.14. The number of nitrogens with one attached hydrogen (secondary N) is 2. The highest BCUT2D eigenvalue weighted by molar-refractivity contribution is 5.96. The molecule has 2 aromatic rings.